The number of quaternary nitrogens is 1. The number of hydrogen-bond donors (Lipinski definition) is 4. The van der Waals surface area contributed by atoms with Crippen LogP contribution >= 0.6 is 0 Å². The summed E-state index contributed by atoms with van der Waals surface area (Å²) in [6, 6.07) is 6.90. The Morgan fingerprint density at radius 2 is 2.15 bits per heavy atom. The van der Waals surface area contributed by atoms with E-state index in [-0.39, 0.29) is 48.1 Å². The first kappa shape index (κ1) is 28.2. The minimum absolute atomic E-state index is 0.00331. The molecule has 3 aromatic rings. The highest BCUT2D eigenvalue weighted by atomic mass is 19.1. The zero-order valence-electron chi connectivity index (χ0n) is 22.6. The van der Waals surface area contributed by atoms with E-state index in [2.05, 4.69) is 41.5 Å². The van der Waals surface area contributed by atoms with Crippen molar-refractivity contribution in [2.75, 3.05) is 18.4 Å². The number of halogens is 1. The molecule has 0 saturated carbocycles. The lowest BCUT2D eigenvalue weighted by Gasteiger charge is -2.34. The van der Waals surface area contributed by atoms with Crippen LogP contribution in [0.15, 0.2) is 36.4 Å². The van der Waals surface area contributed by atoms with Crippen molar-refractivity contribution >= 4 is 18.1 Å². The van der Waals surface area contributed by atoms with Crippen LogP contribution in [0.2, 0.25) is 0 Å². The molecule has 0 aliphatic carbocycles. The van der Waals surface area contributed by atoms with Gasteiger partial charge in [-0.25, -0.2) is 19.3 Å². The predicted molar refractivity (Wildman–Crippen MR) is 143 cm³/mol. The van der Waals surface area contributed by atoms with Gasteiger partial charge in [-0.05, 0) is 45.9 Å². The number of aryl methyl sites for hydroxylation is 1. The third-order valence-electron chi connectivity index (χ3n) is 5.94. The van der Waals surface area contributed by atoms with Crippen LogP contribution in [0.5, 0.6) is 5.75 Å². The third-order valence-corrected chi connectivity index (χ3v) is 5.94. The molecule has 0 unspecified atom stereocenters. The third kappa shape index (κ3) is 7.00. The molecule has 0 spiro atoms. The molecule has 40 heavy (non-hydrogen) atoms. The van der Waals surface area contributed by atoms with Crippen LogP contribution in [-0.4, -0.2) is 78.1 Å². The minimum atomic E-state index is -1.47. The second-order valence-electron chi connectivity index (χ2n) is 10.3. The summed E-state index contributed by atoms with van der Waals surface area (Å²) in [5, 5.41) is 28.8. The van der Waals surface area contributed by atoms with E-state index >= 15 is 4.39 Å². The topological polar surface area (TPSA) is 186 Å². The van der Waals surface area contributed by atoms with Crippen LogP contribution in [0.1, 0.15) is 49.2 Å². The van der Waals surface area contributed by atoms with E-state index in [1.54, 1.807) is 31.3 Å². The van der Waals surface area contributed by atoms with Gasteiger partial charge in [0.2, 0.25) is 11.8 Å². The van der Waals surface area contributed by atoms with Gasteiger partial charge in [0.05, 0.1) is 17.6 Å². The molecule has 1 aromatic carbocycles. The molecule has 4 rings (SSSR count). The standard InChI is InChI=1S/C26H30FN11O2/c1-15-33-23(37-36-15)24(39)38-8-7-21(19(27)13-38)40-20-6-5-16(9-17(20)10-28)22-30-14-31-25(35-22)34-18(11-29)12-32-26(2,3)4/h5-6,9,11-12,14,19,21,29,32H,7-8,13H2,1-4H3,(H,33,36,37)(H,30,31,34,35)/p+1/b18-12+,29-11?/t19-,21+/m1/s1. The number of carbonyl (C=O) groups is 1. The van der Waals surface area contributed by atoms with Crippen LogP contribution < -0.4 is 15.4 Å². The van der Waals surface area contributed by atoms with Crippen LogP contribution in [0.25, 0.3) is 11.4 Å². The number of anilines is 1. The molecule has 0 bridgehead atoms. The average molecular weight is 549 g/mol. The number of allylic oxidation sites excluding steroid dienone is 1. The zero-order chi connectivity index (χ0) is 28.9. The number of aromatic amines is 1. The summed E-state index contributed by atoms with van der Waals surface area (Å²) >= 11 is 0. The predicted octanol–water partition coefficient (Wildman–Crippen LogP) is 1.73. The number of benzene rings is 1. The van der Waals surface area contributed by atoms with Crippen molar-refractivity contribution in [2.45, 2.75) is 51.9 Å². The van der Waals surface area contributed by atoms with Crippen molar-refractivity contribution in [1.82, 2.24) is 35.0 Å². The van der Waals surface area contributed by atoms with Crippen molar-refractivity contribution in [3.63, 3.8) is 0 Å². The van der Waals surface area contributed by atoms with Gasteiger partial charge in [-0.2, -0.15) is 10.2 Å². The lowest BCUT2D eigenvalue weighted by atomic mass is 10.0. The highest BCUT2D eigenvalue weighted by molar-refractivity contribution is 5.90. The number of rotatable bonds is 8. The highest BCUT2D eigenvalue weighted by Gasteiger charge is 2.35. The summed E-state index contributed by atoms with van der Waals surface area (Å²) in [5.74, 6) is 0.816. The summed E-state index contributed by atoms with van der Waals surface area (Å²) in [7, 11) is 0. The summed E-state index contributed by atoms with van der Waals surface area (Å²) in [6.07, 6.45) is 2.22. The number of amides is 1. The monoisotopic (exact) mass is 548 g/mol. The molecule has 208 valence electrons. The Morgan fingerprint density at radius 3 is 2.80 bits per heavy atom. The van der Waals surface area contributed by atoms with E-state index in [0.29, 0.717) is 22.9 Å². The van der Waals surface area contributed by atoms with Gasteiger partial charge in [-0.15, -0.1) is 5.10 Å². The lowest BCUT2D eigenvalue weighted by molar-refractivity contribution is -0.657. The fourth-order valence-electron chi connectivity index (χ4n) is 3.89. The number of nitrogens with two attached hydrogens (primary N) is 1. The van der Waals surface area contributed by atoms with Crippen molar-refractivity contribution in [1.29, 1.82) is 10.7 Å². The first-order chi connectivity index (χ1) is 19.1. The van der Waals surface area contributed by atoms with Crippen molar-refractivity contribution in [3.8, 4) is 23.2 Å². The number of nitrogens with zero attached hydrogens (tertiary/aromatic N) is 7. The second kappa shape index (κ2) is 12.0. The number of alkyl halides is 1. The normalized spacial score (nSPS) is 17.7. The Hall–Kier alpha value is -4.77. The summed E-state index contributed by atoms with van der Waals surface area (Å²) in [6.45, 7) is 7.91. The van der Waals surface area contributed by atoms with E-state index in [1.165, 1.54) is 17.4 Å². The highest BCUT2D eigenvalue weighted by Crippen LogP contribution is 2.28. The summed E-state index contributed by atoms with van der Waals surface area (Å²) in [4.78, 5) is 30.7. The number of aromatic nitrogens is 6. The van der Waals surface area contributed by atoms with E-state index < -0.39 is 18.2 Å². The molecule has 14 heteroatoms. The van der Waals surface area contributed by atoms with Gasteiger partial charge in [0.25, 0.3) is 5.91 Å². The smallest absolute Gasteiger partial charge is 0.293 e. The number of carbonyl (C=O) groups excluding carboxylic acids is 1. The Morgan fingerprint density at radius 1 is 1.35 bits per heavy atom. The molecule has 1 saturated heterocycles. The number of likely N-dealkylation sites (tertiary alicyclic amines) is 1. The fourth-order valence-corrected chi connectivity index (χ4v) is 3.89. The lowest BCUT2D eigenvalue weighted by Crippen LogP contribution is -2.89. The molecule has 2 atom stereocenters. The van der Waals surface area contributed by atoms with Crippen molar-refractivity contribution < 1.29 is 19.2 Å². The van der Waals surface area contributed by atoms with Crippen LogP contribution in [0, 0.1) is 23.7 Å². The minimum Gasteiger partial charge on any atom is -0.486 e. The van der Waals surface area contributed by atoms with Gasteiger partial charge in [0, 0.05) is 24.7 Å². The van der Waals surface area contributed by atoms with Gasteiger partial charge in [0.15, 0.2) is 12.0 Å². The van der Waals surface area contributed by atoms with Gasteiger partial charge in [-0.3, -0.25) is 9.89 Å². The van der Waals surface area contributed by atoms with E-state index in [1.807, 2.05) is 26.1 Å². The first-order valence-electron chi connectivity index (χ1n) is 12.6. The molecule has 1 aliphatic heterocycles. The molecule has 1 amide bonds. The summed E-state index contributed by atoms with van der Waals surface area (Å²) in [5.41, 5.74) is 1.16. The maximum absolute atomic E-state index is 15.0. The maximum atomic E-state index is 15.0. The van der Waals surface area contributed by atoms with E-state index in [4.69, 9.17) is 10.1 Å². The Bertz CT molecular complexity index is 1460. The summed E-state index contributed by atoms with van der Waals surface area (Å²) < 4.78 is 20.9. The largest absolute Gasteiger partial charge is 0.486 e. The Balaban J connectivity index is 1.44. The Kier molecular flexibility index (Phi) is 8.44. The van der Waals surface area contributed by atoms with Crippen LogP contribution in [-0.2, 0) is 0 Å². The van der Waals surface area contributed by atoms with Crippen molar-refractivity contribution in [2.24, 2.45) is 0 Å². The SMILES string of the molecule is Cc1nc(C(=O)N2CC[C@H](Oc3ccc(-c4ncnc(N/C(C=N)=C/[NH2+]C(C)(C)C)n4)cc3C#N)[C@H](F)C2)n[nH]1. The number of ether oxygens (including phenoxy) is 1. The zero-order valence-corrected chi connectivity index (χ0v) is 22.6. The van der Waals surface area contributed by atoms with Gasteiger partial charge >= 0.3 is 0 Å². The van der Waals surface area contributed by atoms with Gasteiger partial charge < -0.3 is 25.7 Å². The van der Waals surface area contributed by atoms with Gasteiger partial charge in [-0.1, -0.05) is 0 Å². The maximum Gasteiger partial charge on any atom is 0.293 e. The Labute approximate surface area is 230 Å². The number of hydrogen-bond acceptors (Lipinski definition) is 10. The molecule has 5 N–H and O–H groups in total. The molecule has 13 nitrogen and oxygen atoms in total. The molecular formula is C26H31FN11O2+. The van der Waals surface area contributed by atoms with E-state index in [0.717, 1.165) is 0 Å². The molecule has 1 fully saturated rings. The molecule has 2 aromatic heterocycles. The van der Waals surface area contributed by atoms with E-state index in [9.17, 15) is 10.1 Å². The van der Waals surface area contributed by atoms with Crippen LogP contribution in [0.4, 0.5) is 10.3 Å². The average Bonchev–Trinajstić information content (AvgIpc) is 3.37. The molecular weight excluding hydrogens is 517 g/mol. The number of piperidine rings is 1. The number of nitriles is 1. The number of H-pyrrole nitrogens is 1. The first-order valence-corrected chi connectivity index (χ1v) is 12.6. The molecule has 3 heterocycles. The van der Waals surface area contributed by atoms with Crippen molar-refractivity contribution in [3.05, 3.63) is 53.6 Å². The quantitative estimate of drug-likeness (QED) is 0.304. The van der Waals surface area contributed by atoms with Crippen LogP contribution in [0.3, 0.4) is 0 Å². The molecule has 1 aliphatic rings. The molecule has 0 radical (unpaired) electrons. The second-order valence-corrected chi connectivity index (χ2v) is 10.3. The fraction of sp³-hybridized carbons (Fsp3) is 0.385. The van der Waals surface area contributed by atoms with Gasteiger partial charge in [0.1, 0.15) is 42.0 Å². The number of nitrogens with one attached hydrogen (secondary N) is 3.